The van der Waals surface area contributed by atoms with Crippen LogP contribution in [0.4, 0.5) is 0 Å². The summed E-state index contributed by atoms with van der Waals surface area (Å²) in [6.07, 6.45) is 4.59. The van der Waals surface area contributed by atoms with Crippen LogP contribution < -0.4 is 4.72 Å². The predicted molar refractivity (Wildman–Crippen MR) is 72.2 cm³/mol. The van der Waals surface area contributed by atoms with Gasteiger partial charge in [0.1, 0.15) is 10.0 Å². The monoisotopic (exact) mass is 365 g/mol. The van der Waals surface area contributed by atoms with Gasteiger partial charge >= 0.3 is 0 Å². The number of aromatic nitrogens is 4. The Kier molecular flexibility index (Phi) is 4.50. The highest BCUT2D eigenvalue weighted by Crippen LogP contribution is 2.22. The molecule has 0 unspecified atom stereocenters. The van der Waals surface area contributed by atoms with Crippen LogP contribution in [-0.2, 0) is 16.6 Å². The van der Waals surface area contributed by atoms with Gasteiger partial charge in [-0.25, -0.2) is 18.1 Å². The molecule has 102 valence electrons. The van der Waals surface area contributed by atoms with Crippen molar-refractivity contribution in [3.05, 3.63) is 34.3 Å². The molecule has 0 saturated heterocycles. The second-order valence-electron chi connectivity index (χ2n) is 3.51. The Bertz CT molecular complexity index is 661. The van der Waals surface area contributed by atoms with E-state index in [4.69, 9.17) is 11.6 Å². The largest absolute Gasteiger partial charge is 0.251 e. The quantitative estimate of drug-likeness (QED) is 0.799. The van der Waals surface area contributed by atoms with Crippen molar-refractivity contribution in [2.45, 2.75) is 11.4 Å². The molecule has 1 N–H and O–H groups in total. The van der Waals surface area contributed by atoms with Gasteiger partial charge in [0.15, 0.2) is 0 Å². The van der Waals surface area contributed by atoms with Crippen LogP contribution in [0.2, 0.25) is 5.15 Å². The second-order valence-corrected chi connectivity index (χ2v) is 6.52. The van der Waals surface area contributed by atoms with E-state index in [9.17, 15) is 8.42 Å². The Labute approximate surface area is 123 Å². The summed E-state index contributed by atoms with van der Waals surface area (Å²) in [6, 6.07) is 1.40. The van der Waals surface area contributed by atoms with Crippen LogP contribution >= 0.6 is 27.5 Å². The smallest absolute Gasteiger partial charge is 0.243 e. The number of nitrogens with one attached hydrogen (secondary N) is 1. The first-order valence-corrected chi connectivity index (χ1v) is 7.79. The Morgan fingerprint density at radius 2 is 2.26 bits per heavy atom. The molecule has 10 heteroatoms. The van der Waals surface area contributed by atoms with E-state index in [1.165, 1.54) is 23.1 Å². The molecule has 19 heavy (non-hydrogen) atoms. The number of halogens is 2. The molecule has 2 aromatic heterocycles. The van der Waals surface area contributed by atoms with Gasteiger partial charge in [-0.05, 0) is 22.0 Å². The van der Waals surface area contributed by atoms with Crippen molar-refractivity contribution in [1.82, 2.24) is 24.7 Å². The number of hydrogen-bond donors (Lipinski definition) is 1. The van der Waals surface area contributed by atoms with Crippen LogP contribution in [0.25, 0.3) is 0 Å². The van der Waals surface area contributed by atoms with E-state index >= 15 is 0 Å². The molecule has 0 aromatic carbocycles. The normalized spacial score (nSPS) is 11.7. The van der Waals surface area contributed by atoms with Gasteiger partial charge in [-0.2, -0.15) is 0 Å². The summed E-state index contributed by atoms with van der Waals surface area (Å²) in [5.74, 6) is 0. The van der Waals surface area contributed by atoms with Crippen LogP contribution in [0.15, 0.2) is 34.0 Å². The fourth-order valence-electron chi connectivity index (χ4n) is 1.32. The van der Waals surface area contributed by atoms with Gasteiger partial charge in [-0.1, -0.05) is 16.8 Å². The molecule has 0 spiro atoms. The summed E-state index contributed by atoms with van der Waals surface area (Å²) in [6.45, 7) is 0.548. The first kappa shape index (κ1) is 14.4. The van der Waals surface area contributed by atoms with Gasteiger partial charge in [0, 0.05) is 23.4 Å². The minimum absolute atomic E-state index is 0.0675. The van der Waals surface area contributed by atoms with E-state index in [1.54, 1.807) is 6.20 Å². The van der Waals surface area contributed by atoms with Crippen molar-refractivity contribution < 1.29 is 8.42 Å². The molecule has 2 aromatic rings. The number of nitrogens with zero attached hydrogens (tertiary/aromatic N) is 4. The Morgan fingerprint density at radius 1 is 1.47 bits per heavy atom. The third kappa shape index (κ3) is 3.72. The molecule has 0 aliphatic rings. The maximum Gasteiger partial charge on any atom is 0.243 e. The molecule has 0 aliphatic heterocycles. The van der Waals surface area contributed by atoms with E-state index in [-0.39, 0.29) is 16.6 Å². The molecule has 0 amide bonds. The summed E-state index contributed by atoms with van der Waals surface area (Å²) in [4.78, 5) is 3.71. The molecular formula is C9H9BrClN5O2S. The highest BCUT2D eigenvalue weighted by Gasteiger charge is 2.18. The van der Waals surface area contributed by atoms with E-state index in [2.05, 4.69) is 35.9 Å². The summed E-state index contributed by atoms with van der Waals surface area (Å²) >= 11 is 8.93. The fourth-order valence-corrected chi connectivity index (χ4v) is 3.28. The molecule has 0 aliphatic carbocycles. The lowest BCUT2D eigenvalue weighted by Gasteiger charge is -2.08. The third-order valence-corrected chi connectivity index (χ3v) is 4.49. The number of rotatable bonds is 5. The second kappa shape index (κ2) is 5.95. The van der Waals surface area contributed by atoms with Gasteiger partial charge in [-0.3, -0.25) is 4.68 Å². The summed E-state index contributed by atoms with van der Waals surface area (Å²) < 4.78 is 28.5. The standard InChI is InChI=1S/C9H9BrClN5O2S/c10-7-5-8(9(11)12-6-7)19(17,18)14-2-4-16-3-1-13-15-16/h1,3,5-6,14H,2,4H2. The van der Waals surface area contributed by atoms with Gasteiger partial charge in [0.25, 0.3) is 0 Å². The lowest BCUT2D eigenvalue weighted by Crippen LogP contribution is -2.28. The molecule has 7 nitrogen and oxygen atoms in total. The third-order valence-electron chi connectivity index (χ3n) is 2.17. The zero-order valence-electron chi connectivity index (χ0n) is 9.49. The summed E-state index contributed by atoms with van der Waals surface area (Å²) in [7, 11) is -3.70. The van der Waals surface area contributed by atoms with E-state index in [1.807, 2.05) is 0 Å². The minimum atomic E-state index is -3.70. The minimum Gasteiger partial charge on any atom is -0.251 e. The molecule has 0 radical (unpaired) electrons. The fraction of sp³-hybridized carbons (Fsp3) is 0.222. The van der Waals surface area contributed by atoms with Crippen LogP contribution in [0.1, 0.15) is 0 Å². The Morgan fingerprint density at radius 3 is 2.95 bits per heavy atom. The van der Waals surface area contributed by atoms with Gasteiger partial charge in [-0.15, -0.1) is 5.10 Å². The maximum absolute atomic E-state index is 12.0. The summed E-state index contributed by atoms with van der Waals surface area (Å²) in [5, 5.41) is 7.27. The van der Waals surface area contributed by atoms with Gasteiger partial charge in [0.05, 0.1) is 12.7 Å². The number of pyridine rings is 1. The van der Waals surface area contributed by atoms with Crippen LogP contribution in [0, 0.1) is 0 Å². The maximum atomic E-state index is 12.0. The van der Waals surface area contributed by atoms with Crippen molar-refractivity contribution in [1.29, 1.82) is 0 Å². The van der Waals surface area contributed by atoms with Gasteiger partial charge < -0.3 is 0 Å². The van der Waals surface area contributed by atoms with E-state index in [0.717, 1.165) is 0 Å². The zero-order chi connectivity index (χ0) is 13.9. The van der Waals surface area contributed by atoms with E-state index < -0.39 is 10.0 Å². The van der Waals surface area contributed by atoms with Crippen LogP contribution in [0.5, 0.6) is 0 Å². The van der Waals surface area contributed by atoms with Crippen LogP contribution in [0.3, 0.4) is 0 Å². The average molecular weight is 367 g/mol. The highest BCUT2D eigenvalue weighted by molar-refractivity contribution is 9.10. The van der Waals surface area contributed by atoms with Crippen LogP contribution in [-0.4, -0.2) is 34.9 Å². The molecular weight excluding hydrogens is 358 g/mol. The zero-order valence-corrected chi connectivity index (χ0v) is 12.7. The van der Waals surface area contributed by atoms with E-state index in [0.29, 0.717) is 11.0 Å². The van der Waals surface area contributed by atoms with Gasteiger partial charge in [0.2, 0.25) is 10.0 Å². The molecule has 2 heterocycles. The molecule has 0 bridgehead atoms. The molecule has 0 atom stereocenters. The molecule has 0 fully saturated rings. The molecule has 0 saturated carbocycles. The Balaban J connectivity index is 2.07. The lowest BCUT2D eigenvalue weighted by molar-refractivity contribution is 0.552. The Hall–Kier alpha value is -1.03. The van der Waals surface area contributed by atoms with Crippen molar-refractivity contribution >= 4 is 37.6 Å². The SMILES string of the molecule is O=S(=O)(NCCn1ccnn1)c1cc(Br)cnc1Cl. The van der Waals surface area contributed by atoms with Crippen molar-refractivity contribution in [2.75, 3.05) is 6.54 Å². The van der Waals surface area contributed by atoms with Crippen molar-refractivity contribution in [2.24, 2.45) is 0 Å². The first-order valence-electron chi connectivity index (χ1n) is 5.14. The number of sulfonamides is 1. The molecule has 2 rings (SSSR count). The van der Waals surface area contributed by atoms with Crippen molar-refractivity contribution in [3.63, 3.8) is 0 Å². The average Bonchev–Trinajstić information content (AvgIpc) is 2.85. The van der Waals surface area contributed by atoms with Crippen molar-refractivity contribution in [3.8, 4) is 0 Å². The lowest BCUT2D eigenvalue weighted by atomic mass is 10.5. The number of hydrogen-bond acceptors (Lipinski definition) is 5. The topological polar surface area (TPSA) is 89.8 Å². The first-order chi connectivity index (χ1) is 8.99. The predicted octanol–water partition coefficient (Wildman–Crippen LogP) is 1.07. The highest BCUT2D eigenvalue weighted by atomic mass is 79.9. The summed E-state index contributed by atoms with van der Waals surface area (Å²) in [5.41, 5.74) is 0.